The zero-order chi connectivity index (χ0) is 23.2. The van der Waals surface area contributed by atoms with Crippen LogP contribution in [0.4, 0.5) is 13.2 Å². The van der Waals surface area contributed by atoms with Crippen LogP contribution in [0.5, 0.6) is 0 Å². The van der Waals surface area contributed by atoms with E-state index >= 15 is 0 Å². The van der Waals surface area contributed by atoms with Gasteiger partial charge in [0.25, 0.3) is 0 Å². The van der Waals surface area contributed by atoms with Crippen molar-refractivity contribution >= 4 is 23.8 Å². The SMILES string of the molecule is C[C@H]1OC(=O)[C@@H]2C[C@@H]3CSCCC3[C@H](/C=C/c3ccc(-c4cccc(C(F)(F)F)c4)cn3)[C@H]12. The summed E-state index contributed by atoms with van der Waals surface area (Å²) >= 11 is 1.98. The van der Waals surface area contributed by atoms with Gasteiger partial charge in [-0.3, -0.25) is 9.78 Å². The molecule has 3 nitrogen and oxygen atoms in total. The van der Waals surface area contributed by atoms with Crippen LogP contribution in [-0.2, 0) is 15.7 Å². The quantitative estimate of drug-likeness (QED) is 0.487. The van der Waals surface area contributed by atoms with Gasteiger partial charge in [-0.1, -0.05) is 24.3 Å². The molecule has 3 fully saturated rings. The molecule has 1 saturated carbocycles. The van der Waals surface area contributed by atoms with Crippen LogP contribution in [0, 0.1) is 29.6 Å². The number of halogens is 3. The van der Waals surface area contributed by atoms with E-state index in [0.29, 0.717) is 23.0 Å². The molecule has 2 saturated heterocycles. The van der Waals surface area contributed by atoms with E-state index in [0.717, 1.165) is 42.2 Å². The average molecular weight is 474 g/mol. The Hall–Kier alpha value is -2.28. The minimum Gasteiger partial charge on any atom is -0.462 e. The van der Waals surface area contributed by atoms with Crippen molar-refractivity contribution in [1.29, 1.82) is 0 Å². The summed E-state index contributed by atoms with van der Waals surface area (Å²) in [6.45, 7) is 2.00. The highest BCUT2D eigenvalue weighted by molar-refractivity contribution is 7.99. The molecule has 1 aromatic heterocycles. The van der Waals surface area contributed by atoms with E-state index in [2.05, 4.69) is 11.1 Å². The first kappa shape index (κ1) is 22.5. The molecule has 1 aromatic carbocycles. The van der Waals surface area contributed by atoms with E-state index in [1.54, 1.807) is 18.3 Å². The third kappa shape index (κ3) is 4.44. The number of nitrogens with zero attached hydrogens (tertiary/aromatic N) is 1. The topological polar surface area (TPSA) is 39.2 Å². The number of hydrogen-bond acceptors (Lipinski definition) is 4. The lowest BCUT2D eigenvalue weighted by Gasteiger charge is -2.45. The molecule has 1 aliphatic carbocycles. The third-order valence-corrected chi connectivity index (χ3v) is 8.63. The highest BCUT2D eigenvalue weighted by Gasteiger charge is 2.53. The molecule has 6 atom stereocenters. The molecule has 0 amide bonds. The number of allylic oxidation sites excluding steroid dienone is 1. The summed E-state index contributed by atoms with van der Waals surface area (Å²) < 4.78 is 44.7. The van der Waals surface area contributed by atoms with Crippen molar-refractivity contribution in [2.24, 2.45) is 29.6 Å². The normalized spacial score (nSPS) is 31.8. The van der Waals surface area contributed by atoms with Crippen LogP contribution < -0.4 is 0 Å². The Bertz CT molecular complexity index is 1050. The largest absolute Gasteiger partial charge is 0.462 e. The molecule has 33 heavy (non-hydrogen) atoms. The third-order valence-electron chi connectivity index (χ3n) is 7.44. The van der Waals surface area contributed by atoms with Crippen molar-refractivity contribution in [3.05, 3.63) is 59.9 Å². The Kier molecular flexibility index (Phi) is 6.02. The van der Waals surface area contributed by atoms with Crippen LogP contribution in [0.15, 0.2) is 48.7 Å². The molecular formula is C26H26F3NO2S. The Labute approximate surface area is 195 Å². The van der Waals surface area contributed by atoms with Gasteiger partial charge < -0.3 is 4.74 Å². The van der Waals surface area contributed by atoms with Crippen molar-refractivity contribution in [2.75, 3.05) is 11.5 Å². The molecule has 1 unspecified atom stereocenters. The van der Waals surface area contributed by atoms with Crippen molar-refractivity contribution in [3.63, 3.8) is 0 Å². The summed E-state index contributed by atoms with van der Waals surface area (Å²) in [5, 5.41) is 0. The maximum atomic E-state index is 13.0. The second kappa shape index (κ2) is 8.82. The number of esters is 1. The monoisotopic (exact) mass is 473 g/mol. The van der Waals surface area contributed by atoms with Gasteiger partial charge in [-0.15, -0.1) is 0 Å². The van der Waals surface area contributed by atoms with Gasteiger partial charge in [0.15, 0.2) is 0 Å². The average Bonchev–Trinajstić information content (AvgIpc) is 3.09. The fraction of sp³-hybridized carbons (Fsp3) is 0.462. The van der Waals surface area contributed by atoms with E-state index in [1.807, 2.05) is 30.8 Å². The lowest BCUT2D eigenvalue weighted by molar-refractivity contribution is -0.144. The van der Waals surface area contributed by atoms with Crippen molar-refractivity contribution < 1.29 is 22.7 Å². The fourth-order valence-corrected chi connectivity index (χ4v) is 7.16. The van der Waals surface area contributed by atoms with Gasteiger partial charge in [0.2, 0.25) is 0 Å². The first-order valence-electron chi connectivity index (χ1n) is 11.4. The van der Waals surface area contributed by atoms with Crippen molar-refractivity contribution in [1.82, 2.24) is 4.98 Å². The number of pyridine rings is 1. The molecule has 7 heteroatoms. The lowest BCUT2D eigenvalue weighted by Crippen LogP contribution is -2.44. The summed E-state index contributed by atoms with van der Waals surface area (Å²) in [7, 11) is 0. The molecule has 5 rings (SSSR count). The predicted octanol–water partition coefficient (Wildman–Crippen LogP) is 6.35. The van der Waals surface area contributed by atoms with Gasteiger partial charge in [0, 0.05) is 17.7 Å². The van der Waals surface area contributed by atoms with Gasteiger partial charge in [-0.05, 0) is 78.9 Å². The maximum Gasteiger partial charge on any atom is 0.416 e. The second-order valence-electron chi connectivity index (χ2n) is 9.34. The Morgan fingerprint density at radius 2 is 2.03 bits per heavy atom. The fourth-order valence-electron chi connectivity index (χ4n) is 5.87. The number of rotatable bonds is 3. The molecule has 2 aliphatic heterocycles. The number of carbonyl (C=O) groups is 1. The summed E-state index contributed by atoms with van der Waals surface area (Å²) in [6, 6.07) is 8.92. The van der Waals surface area contributed by atoms with Crippen LogP contribution in [0.3, 0.4) is 0 Å². The van der Waals surface area contributed by atoms with E-state index in [9.17, 15) is 18.0 Å². The summed E-state index contributed by atoms with van der Waals surface area (Å²) in [4.78, 5) is 16.9. The van der Waals surface area contributed by atoms with Crippen LogP contribution >= 0.6 is 11.8 Å². The minimum atomic E-state index is -4.37. The van der Waals surface area contributed by atoms with Crippen LogP contribution in [0.25, 0.3) is 17.2 Å². The van der Waals surface area contributed by atoms with Crippen molar-refractivity contribution in [3.8, 4) is 11.1 Å². The molecule has 0 radical (unpaired) electrons. The number of cyclic esters (lactones) is 1. The summed E-state index contributed by atoms with van der Waals surface area (Å²) in [5.74, 6) is 3.72. The number of benzene rings is 1. The molecule has 0 bridgehead atoms. The van der Waals surface area contributed by atoms with E-state index < -0.39 is 11.7 Å². The standard InChI is InChI=1S/C26H26F3NO2S/c1-15-24-22(21-9-10-33-14-18(21)12-23(24)25(31)32-15)8-7-20-6-5-17(13-30-20)16-3-2-4-19(11-16)26(27,28)29/h2-8,11,13,15,18,21-24H,9-10,12,14H2,1H3/b8-7+/t15-,18-,21?,22+,23-,24+/m1/s1. The molecule has 3 heterocycles. The Balaban J connectivity index is 1.38. The number of aromatic nitrogens is 1. The number of fused-ring (bicyclic) bond motifs is 2. The van der Waals surface area contributed by atoms with E-state index in [-0.39, 0.29) is 29.8 Å². The minimum absolute atomic E-state index is 0.0224. The van der Waals surface area contributed by atoms with Crippen molar-refractivity contribution in [2.45, 2.75) is 32.0 Å². The highest BCUT2D eigenvalue weighted by Crippen LogP contribution is 2.52. The summed E-state index contributed by atoms with van der Waals surface area (Å²) in [6.07, 6.45) is 3.44. The number of thioether (sulfide) groups is 1. The number of alkyl halides is 3. The number of hydrogen-bond donors (Lipinski definition) is 0. The van der Waals surface area contributed by atoms with E-state index in [4.69, 9.17) is 4.74 Å². The molecule has 0 N–H and O–H groups in total. The highest BCUT2D eigenvalue weighted by atomic mass is 32.2. The van der Waals surface area contributed by atoms with Crippen LogP contribution in [0.2, 0.25) is 0 Å². The Morgan fingerprint density at radius 1 is 1.18 bits per heavy atom. The number of carbonyl (C=O) groups excluding carboxylic acids is 1. The van der Waals surface area contributed by atoms with Gasteiger partial charge >= 0.3 is 12.1 Å². The van der Waals surface area contributed by atoms with Crippen LogP contribution in [-0.4, -0.2) is 28.6 Å². The zero-order valence-electron chi connectivity index (χ0n) is 18.3. The molecule has 3 aliphatic rings. The maximum absolute atomic E-state index is 13.0. The van der Waals surface area contributed by atoms with Crippen LogP contribution in [0.1, 0.15) is 31.0 Å². The molecule has 0 spiro atoms. The molecule has 2 aromatic rings. The second-order valence-corrected chi connectivity index (χ2v) is 10.5. The first-order chi connectivity index (χ1) is 15.8. The molecule has 174 valence electrons. The first-order valence-corrected chi connectivity index (χ1v) is 12.6. The zero-order valence-corrected chi connectivity index (χ0v) is 19.1. The van der Waals surface area contributed by atoms with Gasteiger partial charge in [-0.2, -0.15) is 24.9 Å². The lowest BCUT2D eigenvalue weighted by atomic mass is 9.60. The number of ether oxygens (including phenoxy) is 1. The summed E-state index contributed by atoms with van der Waals surface area (Å²) in [5.41, 5.74) is 1.22. The van der Waals surface area contributed by atoms with E-state index in [1.165, 1.54) is 6.07 Å². The molecular weight excluding hydrogens is 447 g/mol. The van der Waals surface area contributed by atoms with Gasteiger partial charge in [0.05, 0.1) is 17.2 Å². The predicted molar refractivity (Wildman–Crippen MR) is 123 cm³/mol. The smallest absolute Gasteiger partial charge is 0.416 e. The Morgan fingerprint density at radius 3 is 2.79 bits per heavy atom. The van der Waals surface area contributed by atoms with Gasteiger partial charge in [-0.25, -0.2) is 0 Å². The van der Waals surface area contributed by atoms with Gasteiger partial charge in [0.1, 0.15) is 6.10 Å².